The zero-order valence-electron chi connectivity index (χ0n) is 12.4. The molecule has 0 bridgehead atoms. The van der Waals surface area contributed by atoms with Crippen LogP contribution in [0.2, 0.25) is 0 Å². The first kappa shape index (κ1) is 16.3. The van der Waals surface area contributed by atoms with Crippen molar-refractivity contribution in [2.75, 3.05) is 19.7 Å². The molecule has 1 aliphatic rings. The van der Waals surface area contributed by atoms with Gasteiger partial charge in [0.05, 0.1) is 11.5 Å². The molecule has 21 heavy (non-hydrogen) atoms. The predicted octanol–water partition coefficient (Wildman–Crippen LogP) is 1.74. The van der Waals surface area contributed by atoms with Crippen LogP contribution in [0, 0.1) is 11.8 Å². The van der Waals surface area contributed by atoms with E-state index in [9.17, 15) is 8.42 Å². The standard InChI is InChI=1S/C15H24N2O3S/c1-2-17-21(18,19)15-8-6-14(7-9-15)20-11-13-5-3-4-12(13)10-16/h6-9,12-13,17H,2-5,10-11,16H2,1H3. The number of rotatable bonds is 7. The molecule has 1 fully saturated rings. The van der Waals surface area contributed by atoms with Crippen LogP contribution >= 0.6 is 0 Å². The fourth-order valence-electron chi connectivity index (χ4n) is 2.83. The molecule has 3 N–H and O–H groups in total. The SMILES string of the molecule is CCNS(=O)(=O)c1ccc(OCC2CCCC2CN)cc1. The summed E-state index contributed by atoms with van der Waals surface area (Å²) in [6.07, 6.45) is 3.56. The van der Waals surface area contributed by atoms with Gasteiger partial charge in [-0.1, -0.05) is 13.3 Å². The van der Waals surface area contributed by atoms with Crippen molar-refractivity contribution < 1.29 is 13.2 Å². The van der Waals surface area contributed by atoms with Crippen molar-refractivity contribution in [1.29, 1.82) is 0 Å². The number of hydrogen-bond donors (Lipinski definition) is 2. The van der Waals surface area contributed by atoms with Gasteiger partial charge in [0.15, 0.2) is 0 Å². The van der Waals surface area contributed by atoms with Crippen molar-refractivity contribution in [2.45, 2.75) is 31.1 Å². The van der Waals surface area contributed by atoms with E-state index in [1.165, 1.54) is 12.8 Å². The molecule has 0 radical (unpaired) electrons. The van der Waals surface area contributed by atoms with Gasteiger partial charge in [0.25, 0.3) is 0 Å². The fraction of sp³-hybridized carbons (Fsp3) is 0.600. The molecule has 5 nitrogen and oxygen atoms in total. The van der Waals surface area contributed by atoms with Crippen LogP contribution in [0.1, 0.15) is 26.2 Å². The third kappa shape index (κ3) is 4.18. The maximum Gasteiger partial charge on any atom is 0.240 e. The molecule has 1 saturated carbocycles. The molecule has 1 aromatic carbocycles. The van der Waals surface area contributed by atoms with Crippen molar-refractivity contribution in [3.8, 4) is 5.75 Å². The summed E-state index contributed by atoms with van der Waals surface area (Å²) in [6, 6.07) is 6.55. The van der Waals surface area contributed by atoms with E-state index in [2.05, 4.69) is 4.72 Å². The molecule has 1 aromatic rings. The third-order valence-electron chi connectivity index (χ3n) is 4.05. The summed E-state index contributed by atoms with van der Waals surface area (Å²) in [5, 5.41) is 0. The van der Waals surface area contributed by atoms with E-state index in [1.54, 1.807) is 31.2 Å². The Balaban J connectivity index is 1.94. The zero-order valence-corrected chi connectivity index (χ0v) is 13.2. The molecule has 0 heterocycles. The van der Waals surface area contributed by atoms with E-state index in [4.69, 9.17) is 10.5 Å². The minimum atomic E-state index is -3.39. The van der Waals surface area contributed by atoms with Crippen molar-refractivity contribution in [3.05, 3.63) is 24.3 Å². The second-order valence-electron chi connectivity index (χ2n) is 5.47. The first-order valence-electron chi connectivity index (χ1n) is 7.49. The summed E-state index contributed by atoms with van der Waals surface area (Å²) in [6.45, 7) is 3.50. The van der Waals surface area contributed by atoms with Crippen LogP contribution in [-0.2, 0) is 10.0 Å². The highest BCUT2D eigenvalue weighted by Gasteiger charge is 2.26. The molecule has 0 aliphatic heterocycles. The van der Waals surface area contributed by atoms with Gasteiger partial charge in [0, 0.05) is 6.54 Å². The van der Waals surface area contributed by atoms with Crippen LogP contribution in [0.15, 0.2) is 29.2 Å². The highest BCUT2D eigenvalue weighted by Crippen LogP contribution is 2.31. The maximum atomic E-state index is 11.8. The molecule has 0 spiro atoms. The van der Waals surface area contributed by atoms with Crippen molar-refractivity contribution in [1.82, 2.24) is 4.72 Å². The lowest BCUT2D eigenvalue weighted by molar-refractivity contribution is 0.217. The second-order valence-corrected chi connectivity index (χ2v) is 7.24. The Labute approximate surface area is 126 Å². The van der Waals surface area contributed by atoms with Crippen LogP contribution in [0.5, 0.6) is 5.75 Å². The van der Waals surface area contributed by atoms with Gasteiger partial charge in [-0.2, -0.15) is 0 Å². The van der Waals surface area contributed by atoms with Crippen LogP contribution in [0.4, 0.5) is 0 Å². The van der Waals surface area contributed by atoms with Crippen LogP contribution in [0.3, 0.4) is 0 Å². The molecule has 2 rings (SSSR count). The number of sulfonamides is 1. The van der Waals surface area contributed by atoms with E-state index in [0.29, 0.717) is 37.3 Å². The van der Waals surface area contributed by atoms with Crippen molar-refractivity contribution >= 4 is 10.0 Å². The molecule has 1 aliphatic carbocycles. The van der Waals surface area contributed by atoms with Gasteiger partial charge in [0.1, 0.15) is 5.75 Å². The summed E-state index contributed by atoms with van der Waals surface area (Å²) < 4.78 is 31.9. The lowest BCUT2D eigenvalue weighted by Gasteiger charge is -2.18. The monoisotopic (exact) mass is 312 g/mol. The molecule has 2 atom stereocenters. The number of nitrogens with one attached hydrogen (secondary N) is 1. The Hall–Kier alpha value is -1.11. The van der Waals surface area contributed by atoms with Gasteiger partial charge < -0.3 is 10.5 Å². The van der Waals surface area contributed by atoms with Gasteiger partial charge in [-0.05, 0) is 55.5 Å². The molecule has 0 amide bonds. The van der Waals surface area contributed by atoms with Crippen LogP contribution < -0.4 is 15.2 Å². The van der Waals surface area contributed by atoms with E-state index in [-0.39, 0.29) is 4.90 Å². The average Bonchev–Trinajstić information content (AvgIpc) is 2.93. The molecular weight excluding hydrogens is 288 g/mol. The Morgan fingerprint density at radius 1 is 1.24 bits per heavy atom. The number of benzene rings is 1. The van der Waals surface area contributed by atoms with E-state index < -0.39 is 10.0 Å². The summed E-state index contributed by atoms with van der Waals surface area (Å²) >= 11 is 0. The van der Waals surface area contributed by atoms with Gasteiger partial charge in [0.2, 0.25) is 10.0 Å². The smallest absolute Gasteiger partial charge is 0.240 e. The minimum Gasteiger partial charge on any atom is -0.493 e. The molecule has 118 valence electrons. The largest absolute Gasteiger partial charge is 0.493 e. The Kier molecular flexibility index (Phi) is 5.61. The molecular formula is C15H24N2O3S. The molecule has 0 aromatic heterocycles. The normalized spacial score (nSPS) is 22.4. The molecule has 6 heteroatoms. The zero-order chi connectivity index (χ0) is 15.3. The Morgan fingerprint density at radius 2 is 1.90 bits per heavy atom. The Morgan fingerprint density at radius 3 is 2.52 bits per heavy atom. The maximum absolute atomic E-state index is 11.8. The van der Waals surface area contributed by atoms with Gasteiger partial charge >= 0.3 is 0 Å². The van der Waals surface area contributed by atoms with Gasteiger partial charge in [-0.3, -0.25) is 0 Å². The number of nitrogens with two attached hydrogens (primary N) is 1. The topological polar surface area (TPSA) is 81.4 Å². The van der Waals surface area contributed by atoms with Crippen molar-refractivity contribution in [3.63, 3.8) is 0 Å². The quantitative estimate of drug-likeness (QED) is 0.803. The highest BCUT2D eigenvalue weighted by atomic mass is 32.2. The van der Waals surface area contributed by atoms with Gasteiger partial charge in [-0.25, -0.2) is 13.1 Å². The third-order valence-corrected chi connectivity index (χ3v) is 5.61. The molecule has 2 unspecified atom stereocenters. The summed E-state index contributed by atoms with van der Waals surface area (Å²) in [5.74, 6) is 1.77. The average molecular weight is 312 g/mol. The first-order valence-corrected chi connectivity index (χ1v) is 8.97. The predicted molar refractivity (Wildman–Crippen MR) is 82.7 cm³/mol. The number of ether oxygens (including phenoxy) is 1. The van der Waals surface area contributed by atoms with Gasteiger partial charge in [-0.15, -0.1) is 0 Å². The fourth-order valence-corrected chi connectivity index (χ4v) is 3.88. The lowest BCUT2D eigenvalue weighted by atomic mass is 9.97. The highest BCUT2D eigenvalue weighted by molar-refractivity contribution is 7.89. The Bertz CT molecular complexity index is 543. The first-order chi connectivity index (χ1) is 10.1. The van der Waals surface area contributed by atoms with Crippen LogP contribution in [-0.4, -0.2) is 28.1 Å². The molecule has 0 saturated heterocycles. The summed E-state index contributed by atoms with van der Waals surface area (Å²) in [4.78, 5) is 0.261. The second kappa shape index (κ2) is 7.24. The summed E-state index contributed by atoms with van der Waals surface area (Å²) in [5.41, 5.74) is 5.76. The summed E-state index contributed by atoms with van der Waals surface area (Å²) in [7, 11) is -3.39. The van der Waals surface area contributed by atoms with E-state index in [1.807, 2.05) is 0 Å². The van der Waals surface area contributed by atoms with Crippen molar-refractivity contribution in [2.24, 2.45) is 17.6 Å². The van der Waals surface area contributed by atoms with E-state index >= 15 is 0 Å². The number of hydrogen-bond acceptors (Lipinski definition) is 4. The van der Waals surface area contributed by atoms with E-state index in [0.717, 1.165) is 6.42 Å². The lowest BCUT2D eigenvalue weighted by Crippen LogP contribution is -2.23. The van der Waals surface area contributed by atoms with Crippen LogP contribution in [0.25, 0.3) is 0 Å². The minimum absolute atomic E-state index is 0.261.